The van der Waals surface area contributed by atoms with Crippen molar-refractivity contribution in [3.05, 3.63) is 71.3 Å². The number of halogens is 2. The van der Waals surface area contributed by atoms with Crippen LogP contribution in [0.2, 0.25) is 5.02 Å². The molecule has 2 aromatic heterocycles. The summed E-state index contributed by atoms with van der Waals surface area (Å²) >= 11 is 6.03. The molecule has 0 amide bonds. The van der Waals surface area contributed by atoms with Gasteiger partial charge in [0.15, 0.2) is 17.3 Å². The molecular weight excluding hydrogens is 491 g/mol. The molecule has 188 valence electrons. The van der Waals surface area contributed by atoms with E-state index >= 15 is 0 Å². The third-order valence-electron chi connectivity index (χ3n) is 7.20. The first kappa shape index (κ1) is 23.7. The molecule has 0 bridgehead atoms. The van der Waals surface area contributed by atoms with Crippen molar-refractivity contribution in [2.75, 3.05) is 23.3 Å². The highest BCUT2D eigenvalue weighted by Gasteiger charge is 2.32. The van der Waals surface area contributed by atoms with E-state index in [1.54, 1.807) is 12.4 Å². The fraction of sp³-hybridized carbons (Fsp3) is 0.276. The molecule has 6 nitrogen and oxygen atoms in total. The van der Waals surface area contributed by atoms with Gasteiger partial charge in [-0.2, -0.15) is 0 Å². The van der Waals surface area contributed by atoms with Crippen molar-refractivity contribution in [2.24, 2.45) is 11.8 Å². The second kappa shape index (κ2) is 9.30. The fourth-order valence-corrected chi connectivity index (χ4v) is 5.13. The minimum Gasteiger partial charge on any atom is -0.504 e. The van der Waals surface area contributed by atoms with E-state index in [0.717, 1.165) is 49.2 Å². The van der Waals surface area contributed by atoms with Gasteiger partial charge in [0.25, 0.3) is 0 Å². The second-order valence-corrected chi connectivity index (χ2v) is 10.5. The summed E-state index contributed by atoms with van der Waals surface area (Å²) in [6, 6.07) is 12.2. The minimum atomic E-state index is -0.796. The van der Waals surface area contributed by atoms with E-state index < -0.39 is 11.6 Å². The molecule has 37 heavy (non-hydrogen) atoms. The third-order valence-corrected chi connectivity index (χ3v) is 7.48. The Kier molecular flexibility index (Phi) is 5.95. The number of anilines is 3. The highest BCUT2D eigenvalue weighted by Crippen LogP contribution is 2.39. The van der Waals surface area contributed by atoms with Crippen molar-refractivity contribution < 1.29 is 14.3 Å². The van der Waals surface area contributed by atoms with Crippen molar-refractivity contribution in [3.8, 4) is 16.9 Å². The van der Waals surface area contributed by atoms with Crippen molar-refractivity contribution in [1.29, 1.82) is 0 Å². The maximum absolute atomic E-state index is 14.2. The van der Waals surface area contributed by atoms with E-state index in [4.69, 9.17) is 11.6 Å². The number of hydrogen-bond donors (Lipinski definition) is 2. The van der Waals surface area contributed by atoms with Crippen LogP contribution in [0.4, 0.5) is 21.6 Å². The van der Waals surface area contributed by atoms with Crippen LogP contribution in [0.15, 0.2) is 54.9 Å². The number of hydrogen-bond acceptors (Lipinski definition) is 6. The third kappa shape index (κ3) is 4.60. The lowest BCUT2D eigenvalue weighted by atomic mass is 9.98. The number of carbonyl (C=O) groups is 1. The van der Waals surface area contributed by atoms with Crippen LogP contribution in [0.1, 0.15) is 36.5 Å². The number of phenolic OH excluding ortho intramolecular Hbond substituents is 1. The zero-order chi connectivity index (χ0) is 25.7. The molecular formula is C29H26ClFN4O2. The summed E-state index contributed by atoms with van der Waals surface area (Å²) in [6.07, 6.45) is 6.35. The lowest BCUT2D eigenvalue weighted by Crippen LogP contribution is -2.20. The van der Waals surface area contributed by atoms with Gasteiger partial charge < -0.3 is 15.3 Å². The number of rotatable bonds is 6. The maximum Gasteiger partial charge on any atom is 0.170 e. The molecule has 4 aromatic rings. The van der Waals surface area contributed by atoms with Gasteiger partial charge in [-0.05, 0) is 72.7 Å². The van der Waals surface area contributed by atoms with Gasteiger partial charge in [0.2, 0.25) is 0 Å². The molecule has 1 atom stereocenters. The summed E-state index contributed by atoms with van der Waals surface area (Å²) in [6.45, 7) is 4.25. The number of nitrogens with one attached hydrogen (secondary N) is 1. The van der Waals surface area contributed by atoms with Gasteiger partial charge in [-0.1, -0.05) is 24.6 Å². The van der Waals surface area contributed by atoms with Gasteiger partial charge in [-0.25, -0.2) is 9.37 Å². The number of ketones is 1. The standard InChI is InChI=1S/C29H26ClFN4O2/c1-16-8-9-35(15-16)26-7-5-20(13-33-26)34-27-21-10-18(19-11-23(30)29(37)24(31)12-19)4-6-25(21)32-14-22(27)28(36)17-2-3-17/h4-7,10-14,16-17,37H,2-3,8-9,15H2,1H3,(H,32,34). The quantitative estimate of drug-likeness (QED) is 0.269. The predicted octanol–water partition coefficient (Wildman–Crippen LogP) is 6.98. The van der Waals surface area contributed by atoms with E-state index in [1.165, 1.54) is 12.1 Å². The Morgan fingerprint density at radius 2 is 1.92 bits per heavy atom. The number of Topliss-reactive ketones (excluding diaryl/α,β-unsaturated/α-hetero) is 1. The molecule has 2 aliphatic rings. The van der Waals surface area contributed by atoms with Crippen molar-refractivity contribution in [2.45, 2.75) is 26.2 Å². The van der Waals surface area contributed by atoms with E-state index in [0.29, 0.717) is 33.8 Å². The number of phenols is 1. The largest absolute Gasteiger partial charge is 0.504 e. The molecule has 0 spiro atoms. The molecule has 2 fully saturated rings. The molecule has 6 rings (SSSR count). The monoisotopic (exact) mass is 516 g/mol. The summed E-state index contributed by atoms with van der Waals surface area (Å²) in [5.41, 5.74) is 3.83. The summed E-state index contributed by atoms with van der Waals surface area (Å²) in [4.78, 5) is 24.7. The van der Waals surface area contributed by atoms with Crippen LogP contribution in [-0.4, -0.2) is 33.9 Å². The average Bonchev–Trinajstić information content (AvgIpc) is 3.67. The topological polar surface area (TPSA) is 78.4 Å². The molecule has 8 heteroatoms. The molecule has 1 aliphatic heterocycles. The Morgan fingerprint density at radius 3 is 2.59 bits per heavy atom. The van der Waals surface area contributed by atoms with Crippen molar-refractivity contribution >= 4 is 45.5 Å². The number of pyridine rings is 2. The van der Waals surface area contributed by atoms with Crippen LogP contribution >= 0.6 is 11.6 Å². The molecule has 2 N–H and O–H groups in total. The van der Waals surface area contributed by atoms with E-state index in [9.17, 15) is 14.3 Å². The zero-order valence-electron chi connectivity index (χ0n) is 20.3. The van der Waals surface area contributed by atoms with Crippen LogP contribution in [0.5, 0.6) is 5.75 Å². The first-order valence-corrected chi connectivity index (χ1v) is 12.9. The minimum absolute atomic E-state index is 0.0191. The number of carbonyl (C=O) groups excluding carboxylic acids is 1. The fourth-order valence-electron chi connectivity index (χ4n) is 4.93. The van der Waals surface area contributed by atoms with Crippen LogP contribution in [0, 0.1) is 17.7 Å². The first-order valence-electron chi connectivity index (χ1n) is 12.5. The van der Waals surface area contributed by atoms with Crippen LogP contribution in [0.25, 0.3) is 22.0 Å². The maximum atomic E-state index is 14.2. The van der Waals surface area contributed by atoms with Crippen LogP contribution in [0.3, 0.4) is 0 Å². The van der Waals surface area contributed by atoms with Gasteiger partial charge in [0.05, 0.1) is 33.7 Å². The van der Waals surface area contributed by atoms with Gasteiger partial charge in [-0.3, -0.25) is 9.78 Å². The van der Waals surface area contributed by atoms with Crippen LogP contribution < -0.4 is 10.2 Å². The zero-order valence-corrected chi connectivity index (χ0v) is 21.1. The van der Waals surface area contributed by atoms with Crippen LogP contribution in [-0.2, 0) is 0 Å². The predicted molar refractivity (Wildman–Crippen MR) is 144 cm³/mol. The number of aromatic nitrogens is 2. The first-order chi connectivity index (χ1) is 17.9. The Labute approximate surface area is 219 Å². The van der Waals surface area contributed by atoms with Gasteiger partial charge in [0, 0.05) is 30.6 Å². The number of aromatic hydroxyl groups is 1. The van der Waals surface area contributed by atoms with Gasteiger partial charge in [-0.15, -0.1) is 0 Å². The lowest BCUT2D eigenvalue weighted by molar-refractivity contribution is 0.0968. The Morgan fingerprint density at radius 1 is 1.08 bits per heavy atom. The molecule has 2 aromatic carbocycles. The van der Waals surface area contributed by atoms with Gasteiger partial charge >= 0.3 is 0 Å². The normalized spacial score (nSPS) is 17.4. The Balaban J connectivity index is 1.42. The summed E-state index contributed by atoms with van der Waals surface area (Å²) in [5, 5.41) is 13.8. The molecule has 1 saturated carbocycles. The van der Waals surface area contributed by atoms with E-state index in [-0.39, 0.29) is 16.7 Å². The SMILES string of the molecule is CC1CCN(c2ccc(Nc3c(C(=O)C4CC4)cnc4ccc(-c5cc(F)c(O)c(Cl)c5)cc34)cn2)C1. The average molecular weight is 517 g/mol. The second-order valence-electron chi connectivity index (χ2n) is 10.1. The Hall–Kier alpha value is -3.71. The van der Waals surface area contributed by atoms with Crippen molar-refractivity contribution in [1.82, 2.24) is 9.97 Å². The van der Waals surface area contributed by atoms with Gasteiger partial charge in [0.1, 0.15) is 5.82 Å². The molecule has 3 heterocycles. The molecule has 0 radical (unpaired) electrons. The highest BCUT2D eigenvalue weighted by atomic mass is 35.5. The summed E-state index contributed by atoms with van der Waals surface area (Å²) in [5.74, 6) is 0.312. The summed E-state index contributed by atoms with van der Waals surface area (Å²) in [7, 11) is 0. The van der Waals surface area contributed by atoms with E-state index in [1.807, 2.05) is 30.3 Å². The number of nitrogens with zero attached hydrogens (tertiary/aromatic N) is 3. The van der Waals surface area contributed by atoms with Crippen molar-refractivity contribution in [3.63, 3.8) is 0 Å². The van der Waals surface area contributed by atoms with E-state index in [2.05, 4.69) is 27.1 Å². The highest BCUT2D eigenvalue weighted by molar-refractivity contribution is 6.32. The summed E-state index contributed by atoms with van der Waals surface area (Å²) < 4.78 is 14.2. The smallest absolute Gasteiger partial charge is 0.170 e. The Bertz CT molecular complexity index is 1500. The molecule has 1 unspecified atom stereocenters. The number of benzene rings is 2. The lowest BCUT2D eigenvalue weighted by Gasteiger charge is -2.18. The number of fused-ring (bicyclic) bond motifs is 1. The molecule has 1 saturated heterocycles. The molecule has 1 aliphatic carbocycles.